The Morgan fingerprint density at radius 2 is 1.70 bits per heavy atom. The molecule has 1 amide bonds. The molecule has 164 valence electrons. The first-order chi connectivity index (χ1) is 16.1. The summed E-state index contributed by atoms with van der Waals surface area (Å²) in [6.07, 6.45) is 2.11. The molecule has 7 heteroatoms. The lowest BCUT2D eigenvalue weighted by molar-refractivity contribution is -0.114. The van der Waals surface area contributed by atoms with Gasteiger partial charge in [0.05, 0.1) is 5.70 Å². The lowest BCUT2D eigenvalue weighted by Crippen LogP contribution is -2.37. The summed E-state index contributed by atoms with van der Waals surface area (Å²) < 4.78 is 1.76. The molecule has 0 spiro atoms. The van der Waals surface area contributed by atoms with Gasteiger partial charge in [-0.25, -0.2) is 0 Å². The zero-order chi connectivity index (χ0) is 22.8. The van der Waals surface area contributed by atoms with Crippen LogP contribution in [-0.2, 0) is 4.79 Å². The van der Waals surface area contributed by atoms with Crippen molar-refractivity contribution in [2.75, 3.05) is 16.8 Å². The van der Waals surface area contributed by atoms with E-state index in [9.17, 15) is 4.79 Å². The average Bonchev–Trinajstić information content (AvgIpc) is 3.32. The molecule has 0 saturated heterocycles. The molecule has 1 aliphatic heterocycles. The lowest BCUT2D eigenvalue weighted by Gasteiger charge is -2.32. The van der Waals surface area contributed by atoms with Crippen LogP contribution in [0.15, 0.2) is 84.9 Å². The smallest absolute Gasteiger partial charge is 0.251 e. The van der Waals surface area contributed by atoms with Crippen molar-refractivity contribution in [3.8, 4) is 0 Å². The first-order valence-corrected chi connectivity index (χ1v) is 10.8. The molecule has 0 fully saturated rings. The molecule has 7 nitrogen and oxygen atoms in total. The number of hydrogen-bond acceptors (Lipinski definition) is 5. The molecule has 33 heavy (non-hydrogen) atoms. The third-order valence-corrected chi connectivity index (χ3v) is 5.76. The molecule has 0 unspecified atom stereocenters. The number of carbonyl (C=O) groups excluding carboxylic acids is 1. The first kappa shape index (κ1) is 20.6. The molecule has 1 N–H and O–H groups in total. The van der Waals surface area contributed by atoms with Gasteiger partial charge in [-0.2, -0.15) is 4.68 Å². The molecule has 0 saturated carbocycles. The molecule has 1 aliphatic rings. The largest absolute Gasteiger partial charge is 0.324 e. The number of aryl methyl sites for hydroxylation is 2. The van der Waals surface area contributed by atoms with E-state index < -0.39 is 0 Å². The van der Waals surface area contributed by atoms with E-state index in [-0.39, 0.29) is 18.5 Å². The number of nitrogens with one attached hydrogen (secondary N) is 1. The van der Waals surface area contributed by atoms with Gasteiger partial charge in [0.2, 0.25) is 5.91 Å². The van der Waals surface area contributed by atoms with Crippen molar-refractivity contribution in [2.24, 2.45) is 0 Å². The van der Waals surface area contributed by atoms with Gasteiger partial charge in [-0.15, -0.1) is 0 Å². The van der Waals surface area contributed by atoms with Gasteiger partial charge in [-0.3, -0.25) is 9.69 Å². The third-order valence-electron chi connectivity index (χ3n) is 5.76. The Morgan fingerprint density at radius 3 is 2.42 bits per heavy atom. The number of aromatic nitrogens is 4. The van der Waals surface area contributed by atoms with Crippen LogP contribution < -0.4 is 10.2 Å². The van der Waals surface area contributed by atoms with Gasteiger partial charge < -0.3 is 5.32 Å². The normalized spacial score (nSPS) is 15.0. The zero-order valence-corrected chi connectivity index (χ0v) is 18.5. The maximum Gasteiger partial charge on any atom is 0.251 e. The summed E-state index contributed by atoms with van der Waals surface area (Å²) >= 11 is 0. The molecule has 2 heterocycles. The van der Waals surface area contributed by atoms with E-state index in [1.807, 2.05) is 79.4 Å². The van der Waals surface area contributed by atoms with E-state index >= 15 is 0 Å². The van der Waals surface area contributed by atoms with Crippen molar-refractivity contribution in [1.82, 2.24) is 20.2 Å². The van der Waals surface area contributed by atoms with Crippen molar-refractivity contribution in [2.45, 2.75) is 19.9 Å². The fraction of sp³-hybridized carbons (Fsp3) is 0.154. The van der Waals surface area contributed by atoms with Crippen molar-refractivity contribution < 1.29 is 4.79 Å². The molecule has 4 aromatic rings. The molecule has 1 aromatic heterocycles. The fourth-order valence-corrected chi connectivity index (χ4v) is 4.16. The molecule has 3 aromatic carbocycles. The van der Waals surface area contributed by atoms with Crippen LogP contribution in [-0.4, -0.2) is 32.7 Å². The number of allylic oxidation sites excluding steroid dienone is 1. The highest BCUT2D eigenvalue weighted by Crippen LogP contribution is 2.36. The van der Waals surface area contributed by atoms with Crippen molar-refractivity contribution in [1.29, 1.82) is 0 Å². The highest BCUT2D eigenvalue weighted by molar-refractivity contribution is 5.97. The summed E-state index contributed by atoms with van der Waals surface area (Å²) in [6.45, 7) is 4.10. The van der Waals surface area contributed by atoms with E-state index in [4.69, 9.17) is 0 Å². The van der Waals surface area contributed by atoms with Crippen LogP contribution in [0.25, 0.3) is 5.70 Å². The second-order valence-electron chi connectivity index (χ2n) is 8.15. The number of nitrogens with zero attached hydrogens (tertiary/aromatic N) is 5. The second kappa shape index (κ2) is 8.70. The molecular formula is C26H24N6O. The summed E-state index contributed by atoms with van der Waals surface area (Å²) in [5.41, 5.74) is 5.93. The molecule has 1 atom stereocenters. The first-order valence-electron chi connectivity index (χ1n) is 10.8. The Morgan fingerprint density at radius 1 is 0.970 bits per heavy atom. The summed E-state index contributed by atoms with van der Waals surface area (Å²) in [7, 11) is 0. The maximum absolute atomic E-state index is 13.1. The summed E-state index contributed by atoms with van der Waals surface area (Å²) in [5, 5.41) is 15.5. The Bertz CT molecular complexity index is 1310. The highest BCUT2D eigenvalue weighted by atomic mass is 16.2. The van der Waals surface area contributed by atoms with E-state index in [0.717, 1.165) is 33.6 Å². The molecule has 0 radical (unpaired) electrons. The summed E-state index contributed by atoms with van der Waals surface area (Å²) in [4.78, 5) is 15.0. The van der Waals surface area contributed by atoms with E-state index in [1.54, 1.807) is 4.68 Å². The average molecular weight is 437 g/mol. The number of tetrazole rings is 1. The number of benzene rings is 3. The van der Waals surface area contributed by atoms with Gasteiger partial charge in [0.1, 0.15) is 12.6 Å². The van der Waals surface area contributed by atoms with Crippen LogP contribution >= 0.6 is 0 Å². The van der Waals surface area contributed by atoms with Gasteiger partial charge in [-0.05, 0) is 53.1 Å². The summed E-state index contributed by atoms with van der Waals surface area (Å²) in [6, 6.07) is 25.9. The van der Waals surface area contributed by atoms with Gasteiger partial charge in [0.25, 0.3) is 5.95 Å². The number of carbonyl (C=O) groups is 1. The molecular weight excluding hydrogens is 412 g/mol. The minimum Gasteiger partial charge on any atom is -0.324 e. The highest BCUT2D eigenvalue weighted by Gasteiger charge is 2.31. The van der Waals surface area contributed by atoms with Crippen molar-refractivity contribution in [3.63, 3.8) is 0 Å². The topological polar surface area (TPSA) is 75.9 Å². The predicted octanol–water partition coefficient (Wildman–Crippen LogP) is 4.38. The van der Waals surface area contributed by atoms with E-state index in [2.05, 4.69) is 45.1 Å². The SMILES string of the molecule is Cc1ccc(NC(=O)CN2C(c3ccccc3)=C[C@H](c3ccccc3)n3nnnc32)c(C)c1. The third kappa shape index (κ3) is 4.13. The number of rotatable bonds is 5. The summed E-state index contributed by atoms with van der Waals surface area (Å²) in [5.74, 6) is 0.387. The van der Waals surface area contributed by atoms with Crippen LogP contribution in [0.4, 0.5) is 11.6 Å². The lowest BCUT2D eigenvalue weighted by atomic mass is 10.0. The number of hydrogen-bond donors (Lipinski definition) is 1. The van der Waals surface area contributed by atoms with Gasteiger partial charge in [0, 0.05) is 5.69 Å². The van der Waals surface area contributed by atoms with Crippen LogP contribution in [0.5, 0.6) is 0 Å². The maximum atomic E-state index is 13.1. The molecule has 0 aliphatic carbocycles. The minimum absolute atomic E-state index is 0.0793. The molecule has 5 rings (SSSR count). The second-order valence-corrected chi connectivity index (χ2v) is 8.15. The van der Waals surface area contributed by atoms with Gasteiger partial charge in [0.15, 0.2) is 0 Å². The Balaban J connectivity index is 1.52. The van der Waals surface area contributed by atoms with Crippen LogP contribution in [0.2, 0.25) is 0 Å². The Labute approximate surface area is 192 Å². The van der Waals surface area contributed by atoms with E-state index in [1.165, 1.54) is 0 Å². The zero-order valence-electron chi connectivity index (χ0n) is 18.5. The number of anilines is 2. The van der Waals surface area contributed by atoms with Gasteiger partial charge >= 0.3 is 0 Å². The van der Waals surface area contributed by atoms with Gasteiger partial charge in [-0.1, -0.05) is 83.5 Å². The van der Waals surface area contributed by atoms with Crippen LogP contribution in [0.1, 0.15) is 28.3 Å². The van der Waals surface area contributed by atoms with Crippen LogP contribution in [0, 0.1) is 13.8 Å². The van der Waals surface area contributed by atoms with Crippen molar-refractivity contribution in [3.05, 3.63) is 107 Å². The quantitative estimate of drug-likeness (QED) is 0.503. The number of fused-ring (bicyclic) bond motifs is 1. The van der Waals surface area contributed by atoms with Crippen molar-refractivity contribution >= 4 is 23.2 Å². The predicted molar refractivity (Wildman–Crippen MR) is 129 cm³/mol. The minimum atomic E-state index is -0.176. The fourth-order valence-electron chi connectivity index (χ4n) is 4.16. The van der Waals surface area contributed by atoms with Crippen LogP contribution in [0.3, 0.4) is 0 Å². The molecule has 0 bridgehead atoms. The Hall–Kier alpha value is -4.26. The monoisotopic (exact) mass is 436 g/mol. The van der Waals surface area contributed by atoms with E-state index in [0.29, 0.717) is 5.95 Å². The Kier molecular flexibility index (Phi) is 5.44. The standard InChI is InChI=1S/C26H24N6O/c1-18-13-14-22(19(2)15-18)27-25(33)17-31-23(20-9-5-3-6-10-20)16-24(21-11-7-4-8-12-21)32-26(31)28-29-30-32/h3-16,24H,17H2,1-2H3,(H,27,33)/t24-/m1/s1. The number of amides is 1.